The van der Waals surface area contributed by atoms with Gasteiger partial charge in [0.2, 0.25) is 5.91 Å². The van der Waals surface area contributed by atoms with E-state index in [0.717, 1.165) is 6.07 Å². The van der Waals surface area contributed by atoms with Crippen molar-refractivity contribution in [3.05, 3.63) is 38.3 Å². The Kier molecular flexibility index (Phi) is 5.36. The lowest BCUT2D eigenvalue weighted by Gasteiger charge is -2.13. The maximum atomic E-state index is 12.0. The van der Waals surface area contributed by atoms with Crippen molar-refractivity contribution in [1.82, 2.24) is 5.32 Å². The number of amides is 2. The molecule has 0 bridgehead atoms. The van der Waals surface area contributed by atoms with Crippen LogP contribution in [0.3, 0.4) is 0 Å². The van der Waals surface area contributed by atoms with Gasteiger partial charge in [0.15, 0.2) is 0 Å². The minimum absolute atomic E-state index is 0.125. The Bertz CT molecular complexity index is 618. The molecule has 0 aliphatic heterocycles. The zero-order chi connectivity index (χ0) is 16.2. The van der Waals surface area contributed by atoms with Gasteiger partial charge in [-0.05, 0) is 22.0 Å². The van der Waals surface area contributed by atoms with Crippen LogP contribution in [0.1, 0.15) is 16.8 Å². The maximum Gasteiger partial charge on any atom is 0.326 e. The van der Waals surface area contributed by atoms with Crippen molar-refractivity contribution in [2.75, 3.05) is 0 Å². The van der Waals surface area contributed by atoms with Crippen molar-refractivity contribution in [1.29, 1.82) is 0 Å². The fraction of sp³-hybridized carbons (Fsp3) is 0.182. The molecule has 4 N–H and O–H groups in total. The fourth-order valence-electron chi connectivity index (χ4n) is 1.44. The number of hydrogen-bond donors (Lipinski definition) is 3. The number of carboxylic acids is 1. The van der Waals surface area contributed by atoms with Crippen LogP contribution in [-0.2, 0) is 9.59 Å². The summed E-state index contributed by atoms with van der Waals surface area (Å²) in [4.78, 5) is 43.6. The molecule has 0 fully saturated rings. The molecule has 0 aliphatic rings. The molecule has 9 nitrogen and oxygen atoms in total. The summed E-state index contributed by atoms with van der Waals surface area (Å²) in [5, 5.41) is 21.6. The molecule has 0 aromatic heterocycles. The summed E-state index contributed by atoms with van der Waals surface area (Å²) in [6.45, 7) is 0. The summed E-state index contributed by atoms with van der Waals surface area (Å²) in [5.41, 5.74) is 4.43. The molecular formula is C11H10BrN3O6. The number of nitrogens with two attached hydrogens (primary N) is 1. The summed E-state index contributed by atoms with van der Waals surface area (Å²) >= 11 is 3.04. The van der Waals surface area contributed by atoms with Gasteiger partial charge in [0.1, 0.15) is 6.04 Å². The van der Waals surface area contributed by atoms with E-state index in [1.54, 1.807) is 0 Å². The molecule has 0 saturated carbocycles. The van der Waals surface area contributed by atoms with E-state index in [9.17, 15) is 24.5 Å². The molecule has 0 radical (unpaired) electrons. The molecule has 1 rings (SSSR count). The zero-order valence-corrected chi connectivity index (χ0v) is 12.0. The summed E-state index contributed by atoms with van der Waals surface area (Å²) in [5.74, 6) is -3.22. The average molecular weight is 360 g/mol. The first-order valence-electron chi connectivity index (χ1n) is 5.48. The number of nitrogens with zero attached hydrogens (tertiary/aromatic N) is 1. The van der Waals surface area contributed by atoms with Crippen molar-refractivity contribution in [3.63, 3.8) is 0 Å². The molecule has 1 unspecified atom stereocenters. The number of carbonyl (C=O) groups excluding carboxylic acids is 2. The van der Waals surface area contributed by atoms with Crippen molar-refractivity contribution in [3.8, 4) is 0 Å². The highest BCUT2D eigenvalue weighted by Crippen LogP contribution is 2.22. The SMILES string of the molecule is NC(=O)CC(NC(=O)c1cc([N+](=O)[O-])ccc1Br)C(=O)O. The van der Waals surface area contributed by atoms with Crippen molar-refractivity contribution in [2.45, 2.75) is 12.5 Å². The minimum atomic E-state index is -1.51. The zero-order valence-electron chi connectivity index (χ0n) is 10.4. The number of carboxylic acid groups (broad SMARTS) is 1. The number of nitrogens with one attached hydrogen (secondary N) is 1. The monoisotopic (exact) mass is 359 g/mol. The van der Waals surface area contributed by atoms with Gasteiger partial charge in [0, 0.05) is 16.6 Å². The first-order valence-corrected chi connectivity index (χ1v) is 6.27. The van der Waals surface area contributed by atoms with Crippen LogP contribution in [0.2, 0.25) is 0 Å². The predicted molar refractivity (Wildman–Crippen MR) is 73.5 cm³/mol. The molecular weight excluding hydrogens is 350 g/mol. The second-order valence-corrected chi connectivity index (χ2v) is 4.81. The van der Waals surface area contributed by atoms with Gasteiger partial charge < -0.3 is 16.2 Å². The predicted octanol–water partition coefficient (Wildman–Crippen LogP) is 0.416. The van der Waals surface area contributed by atoms with Gasteiger partial charge in [0.05, 0.1) is 16.9 Å². The molecule has 21 heavy (non-hydrogen) atoms. The van der Waals surface area contributed by atoms with E-state index in [0.29, 0.717) is 0 Å². The Morgan fingerprint density at radius 2 is 2.05 bits per heavy atom. The number of carbonyl (C=O) groups is 3. The number of halogens is 1. The number of hydrogen-bond acceptors (Lipinski definition) is 5. The van der Waals surface area contributed by atoms with Crippen LogP contribution in [0.15, 0.2) is 22.7 Å². The minimum Gasteiger partial charge on any atom is -0.480 e. The lowest BCUT2D eigenvalue weighted by Crippen LogP contribution is -2.43. The number of nitro groups is 1. The molecule has 112 valence electrons. The lowest BCUT2D eigenvalue weighted by molar-refractivity contribution is -0.384. The highest BCUT2D eigenvalue weighted by molar-refractivity contribution is 9.10. The Balaban J connectivity index is 3.02. The van der Waals surface area contributed by atoms with Crippen LogP contribution in [0.5, 0.6) is 0 Å². The third-order valence-corrected chi connectivity index (χ3v) is 3.11. The second-order valence-electron chi connectivity index (χ2n) is 3.96. The Morgan fingerprint density at radius 1 is 1.43 bits per heavy atom. The van der Waals surface area contributed by atoms with Crippen LogP contribution in [0, 0.1) is 10.1 Å². The molecule has 1 aromatic carbocycles. The molecule has 0 spiro atoms. The first-order chi connectivity index (χ1) is 9.72. The summed E-state index contributed by atoms with van der Waals surface area (Å²) in [7, 11) is 0. The van der Waals surface area contributed by atoms with Crippen LogP contribution in [0.4, 0.5) is 5.69 Å². The Hall–Kier alpha value is -2.49. The van der Waals surface area contributed by atoms with Gasteiger partial charge in [-0.1, -0.05) is 0 Å². The van der Waals surface area contributed by atoms with E-state index >= 15 is 0 Å². The molecule has 1 aromatic rings. The third kappa shape index (κ3) is 4.53. The van der Waals surface area contributed by atoms with E-state index in [1.807, 2.05) is 0 Å². The average Bonchev–Trinajstić information content (AvgIpc) is 2.37. The van der Waals surface area contributed by atoms with Gasteiger partial charge in [-0.3, -0.25) is 19.7 Å². The topological polar surface area (TPSA) is 153 Å². The molecule has 0 aliphatic carbocycles. The van der Waals surface area contributed by atoms with Crippen LogP contribution in [0.25, 0.3) is 0 Å². The van der Waals surface area contributed by atoms with Crippen LogP contribution >= 0.6 is 15.9 Å². The summed E-state index contributed by atoms with van der Waals surface area (Å²) < 4.78 is 0.244. The normalized spacial score (nSPS) is 11.5. The Labute approximate surface area is 126 Å². The van der Waals surface area contributed by atoms with Gasteiger partial charge >= 0.3 is 5.97 Å². The van der Waals surface area contributed by atoms with E-state index in [-0.39, 0.29) is 15.7 Å². The summed E-state index contributed by atoms with van der Waals surface area (Å²) in [6.07, 6.45) is -0.590. The molecule has 10 heteroatoms. The quantitative estimate of drug-likeness (QED) is 0.494. The van der Waals surface area contributed by atoms with Crippen LogP contribution in [-0.4, -0.2) is 33.9 Å². The van der Waals surface area contributed by atoms with Crippen molar-refractivity contribution in [2.24, 2.45) is 5.73 Å². The second kappa shape index (κ2) is 6.79. The van der Waals surface area contributed by atoms with Crippen LogP contribution < -0.4 is 11.1 Å². The van der Waals surface area contributed by atoms with Gasteiger partial charge in [-0.25, -0.2) is 4.79 Å². The molecule has 0 saturated heterocycles. The number of aliphatic carboxylic acids is 1. The molecule has 2 amide bonds. The largest absolute Gasteiger partial charge is 0.480 e. The van der Waals surface area contributed by atoms with E-state index in [4.69, 9.17) is 10.8 Å². The van der Waals surface area contributed by atoms with Gasteiger partial charge in [-0.15, -0.1) is 0 Å². The van der Waals surface area contributed by atoms with E-state index < -0.39 is 35.2 Å². The van der Waals surface area contributed by atoms with E-state index in [1.165, 1.54) is 12.1 Å². The van der Waals surface area contributed by atoms with Gasteiger partial charge in [-0.2, -0.15) is 0 Å². The first kappa shape index (κ1) is 16.6. The van der Waals surface area contributed by atoms with E-state index in [2.05, 4.69) is 21.2 Å². The number of primary amides is 1. The number of nitro benzene ring substituents is 1. The van der Waals surface area contributed by atoms with Crippen molar-refractivity contribution < 1.29 is 24.4 Å². The highest BCUT2D eigenvalue weighted by Gasteiger charge is 2.24. The summed E-state index contributed by atoms with van der Waals surface area (Å²) in [6, 6.07) is 1.94. The smallest absolute Gasteiger partial charge is 0.326 e. The standard InChI is InChI=1S/C11H10BrN3O6/c12-7-2-1-5(15(20)21)3-6(7)10(17)14-8(11(18)19)4-9(13)16/h1-3,8H,4H2,(H2,13,16)(H,14,17)(H,18,19). The lowest BCUT2D eigenvalue weighted by atomic mass is 10.1. The highest BCUT2D eigenvalue weighted by atomic mass is 79.9. The Morgan fingerprint density at radius 3 is 2.52 bits per heavy atom. The third-order valence-electron chi connectivity index (χ3n) is 2.41. The maximum absolute atomic E-state index is 12.0. The fourth-order valence-corrected chi connectivity index (χ4v) is 1.86. The number of benzene rings is 1. The number of non-ortho nitro benzene ring substituents is 1. The van der Waals surface area contributed by atoms with Crippen molar-refractivity contribution >= 4 is 39.4 Å². The van der Waals surface area contributed by atoms with Gasteiger partial charge in [0.25, 0.3) is 11.6 Å². The number of rotatable bonds is 6. The molecule has 1 atom stereocenters. The molecule has 0 heterocycles.